The lowest BCUT2D eigenvalue weighted by Gasteiger charge is -2.11. The third-order valence-corrected chi connectivity index (χ3v) is 3.59. The van der Waals surface area contributed by atoms with Crippen LogP contribution in [0, 0.1) is 5.92 Å². The summed E-state index contributed by atoms with van der Waals surface area (Å²) in [6.07, 6.45) is 4.90. The van der Waals surface area contributed by atoms with Gasteiger partial charge in [0.05, 0.1) is 6.33 Å². The van der Waals surface area contributed by atoms with Crippen molar-refractivity contribution in [1.82, 2.24) is 9.55 Å². The van der Waals surface area contributed by atoms with Crippen molar-refractivity contribution in [2.45, 2.75) is 20.3 Å². The molecule has 0 bridgehead atoms. The predicted molar refractivity (Wildman–Crippen MR) is 87.5 cm³/mol. The molecule has 106 valence electrons. The Morgan fingerprint density at radius 3 is 2.24 bits per heavy atom. The molecule has 0 N–H and O–H groups in total. The van der Waals surface area contributed by atoms with E-state index in [2.05, 4.69) is 71.9 Å². The van der Waals surface area contributed by atoms with Gasteiger partial charge in [-0.3, -0.25) is 0 Å². The Bertz CT molecular complexity index is 694. The molecule has 0 saturated carbocycles. The predicted octanol–water partition coefficient (Wildman–Crippen LogP) is 4.74. The minimum atomic E-state index is 0.629. The summed E-state index contributed by atoms with van der Waals surface area (Å²) in [6, 6.07) is 19.1. The SMILES string of the molecule is CC(C)Cc1cncn1-c1ccc(-c2ccccc2)cc1. The molecule has 2 nitrogen and oxygen atoms in total. The number of aromatic nitrogens is 2. The highest BCUT2D eigenvalue weighted by atomic mass is 15.0. The van der Waals surface area contributed by atoms with Crippen LogP contribution in [0.25, 0.3) is 16.8 Å². The second kappa shape index (κ2) is 5.96. The van der Waals surface area contributed by atoms with E-state index in [1.54, 1.807) is 0 Å². The second-order valence-corrected chi connectivity index (χ2v) is 5.77. The molecule has 0 aliphatic rings. The molecule has 2 aromatic carbocycles. The molecule has 21 heavy (non-hydrogen) atoms. The maximum Gasteiger partial charge on any atom is 0.0994 e. The molecule has 0 fully saturated rings. The summed E-state index contributed by atoms with van der Waals surface area (Å²) in [4.78, 5) is 4.30. The first-order valence-corrected chi connectivity index (χ1v) is 7.41. The number of rotatable bonds is 4. The molecule has 0 aliphatic heterocycles. The van der Waals surface area contributed by atoms with Crippen LogP contribution in [0.1, 0.15) is 19.5 Å². The average molecular weight is 276 g/mol. The van der Waals surface area contributed by atoms with Gasteiger partial charge in [0.2, 0.25) is 0 Å². The van der Waals surface area contributed by atoms with Crippen molar-refractivity contribution in [3.63, 3.8) is 0 Å². The standard InChI is InChI=1S/C19H20N2/c1-15(2)12-19-13-20-14-21(19)18-10-8-17(9-11-18)16-6-4-3-5-7-16/h3-11,13-15H,12H2,1-2H3. The van der Waals surface area contributed by atoms with Crippen LogP contribution in [-0.4, -0.2) is 9.55 Å². The third-order valence-electron chi connectivity index (χ3n) is 3.59. The molecule has 0 spiro atoms. The molecule has 0 unspecified atom stereocenters. The van der Waals surface area contributed by atoms with Gasteiger partial charge in [-0.05, 0) is 35.6 Å². The van der Waals surface area contributed by atoms with Crippen LogP contribution in [0.5, 0.6) is 0 Å². The Morgan fingerprint density at radius 1 is 0.905 bits per heavy atom. The topological polar surface area (TPSA) is 17.8 Å². The maximum atomic E-state index is 4.30. The van der Waals surface area contributed by atoms with Gasteiger partial charge >= 0.3 is 0 Å². The molecule has 1 aromatic heterocycles. The van der Waals surface area contributed by atoms with Gasteiger partial charge in [0, 0.05) is 17.6 Å². The van der Waals surface area contributed by atoms with Crippen molar-refractivity contribution in [2.24, 2.45) is 5.92 Å². The monoisotopic (exact) mass is 276 g/mol. The van der Waals surface area contributed by atoms with Gasteiger partial charge in [0.1, 0.15) is 0 Å². The van der Waals surface area contributed by atoms with Gasteiger partial charge in [-0.2, -0.15) is 0 Å². The summed E-state index contributed by atoms with van der Waals surface area (Å²) < 4.78 is 2.18. The Labute approximate surface area is 126 Å². The van der Waals surface area contributed by atoms with Crippen molar-refractivity contribution in [3.8, 4) is 16.8 Å². The summed E-state index contributed by atoms with van der Waals surface area (Å²) >= 11 is 0. The second-order valence-electron chi connectivity index (χ2n) is 5.77. The first-order chi connectivity index (χ1) is 10.2. The van der Waals surface area contributed by atoms with Gasteiger partial charge in [-0.15, -0.1) is 0 Å². The van der Waals surface area contributed by atoms with E-state index in [0.29, 0.717) is 5.92 Å². The van der Waals surface area contributed by atoms with Crippen molar-refractivity contribution < 1.29 is 0 Å². The number of imidazole rings is 1. The first-order valence-electron chi connectivity index (χ1n) is 7.41. The van der Waals surface area contributed by atoms with E-state index in [9.17, 15) is 0 Å². The van der Waals surface area contributed by atoms with Crippen molar-refractivity contribution in [2.75, 3.05) is 0 Å². The quantitative estimate of drug-likeness (QED) is 0.673. The van der Waals surface area contributed by atoms with Crippen molar-refractivity contribution in [3.05, 3.63) is 72.8 Å². The minimum Gasteiger partial charge on any atom is -0.303 e. The number of hydrogen-bond donors (Lipinski definition) is 0. The largest absolute Gasteiger partial charge is 0.303 e. The fourth-order valence-corrected chi connectivity index (χ4v) is 2.57. The van der Waals surface area contributed by atoms with Crippen molar-refractivity contribution in [1.29, 1.82) is 0 Å². The van der Waals surface area contributed by atoms with E-state index in [0.717, 1.165) is 6.42 Å². The zero-order chi connectivity index (χ0) is 14.7. The van der Waals surface area contributed by atoms with Gasteiger partial charge < -0.3 is 4.57 Å². The smallest absolute Gasteiger partial charge is 0.0994 e. The molecule has 1 heterocycles. The van der Waals surface area contributed by atoms with Crippen LogP contribution < -0.4 is 0 Å². The van der Waals surface area contributed by atoms with E-state index in [-0.39, 0.29) is 0 Å². The lowest BCUT2D eigenvalue weighted by Crippen LogP contribution is -2.02. The Balaban J connectivity index is 1.90. The molecule has 3 aromatic rings. The summed E-state index contributed by atoms with van der Waals surface area (Å²) in [5, 5.41) is 0. The van der Waals surface area contributed by atoms with Gasteiger partial charge in [-0.1, -0.05) is 56.3 Å². The van der Waals surface area contributed by atoms with Gasteiger partial charge in [-0.25, -0.2) is 4.98 Å². The lowest BCUT2D eigenvalue weighted by molar-refractivity contribution is 0.627. The number of nitrogens with zero attached hydrogens (tertiary/aromatic N) is 2. The molecule has 0 saturated heterocycles. The molecular weight excluding hydrogens is 256 g/mol. The fraction of sp³-hybridized carbons (Fsp3) is 0.211. The molecule has 0 radical (unpaired) electrons. The number of hydrogen-bond acceptors (Lipinski definition) is 1. The fourth-order valence-electron chi connectivity index (χ4n) is 2.57. The van der Waals surface area contributed by atoms with E-state index in [1.165, 1.54) is 22.5 Å². The van der Waals surface area contributed by atoms with E-state index in [4.69, 9.17) is 0 Å². The molecule has 0 amide bonds. The summed E-state index contributed by atoms with van der Waals surface area (Å²) in [6.45, 7) is 4.46. The minimum absolute atomic E-state index is 0.629. The van der Waals surface area contributed by atoms with Crippen LogP contribution in [-0.2, 0) is 6.42 Å². The molecule has 3 rings (SSSR count). The van der Waals surface area contributed by atoms with Crippen molar-refractivity contribution >= 4 is 0 Å². The number of benzene rings is 2. The van der Waals surface area contributed by atoms with Crippen LogP contribution in [0.2, 0.25) is 0 Å². The van der Waals surface area contributed by atoms with Crippen LogP contribution >= 0.6 is 0 Å². The molecule has 0 atom stereocenters. The Morgan fingerprint density at radius 2 is 1.57 bits per heavy atom. The van der Waals surface area contributed by atoms with Crippen LogP contribution in [0.15, 0.2) is 67.1 Å². The molecule has 2 heteroatoms. The lowest BCUT2D eigenvalue weighted by atomic mass is 10.1. The highest BCUT2D eigenvalue weighted by Crippen LogP contribution is 2.21. The normalized spacial score (nSPS) is 11.0. The molecular formula is C19H20N2. The maximum absolute atomic E-state index is 4.30. The van der Waals surface area contributed by atoms with Crippen LogP contribution in [0.3, 0.4) is 0 Å². The van der Waals surface area contributed by atoms with E-state index < -0.39 is 0 Å². The Kier molecular flexibility index (Phi) is 3.87. The molecule has 0 aliphatic carbocycles. The summed E-state index contributed by atoms with van der Waals surface area (Å²) in [5.41, 5.74) is 4.92. The first kappa shape index (κ1) is 13.6. The van der Waals surface area contributed by atoms with E-state index in [1.807, 2.05) is 18.6 Å². The van der Waals surface area contributed by atoms with Gasteiger partial charge in [0.15, 0.2) is 0 Å². The summed E-state index contributed by atoms with van der Waals surface area (Å²) in [7, 11) is 0. The highest BCUT2D eigenvalue weighted by molar-refractivity contribution is 5.64. The zero-order valence-electron chi connectivity index (χ0n) is 12.5. The highest BCUT2D eigenvalue weighted by Gasteiger charge is 2.06. The average Bonchev–Trinajstić information content (AvgIpc) is 2.96. The van der Waals surface area contributed by atoms with Crippen LogP contribution in [0.4, 0.5) is 0 Å². The van der Waals surface area contributed by atoms with E-state index >= 15 is 0 Å². The Hall–Kier alpha value is -2.35. The van der Waals surface area contributed by atoms with Gasteiger partial charge in [0.25, 0.3) is 0 Å². The third kappa shape index (κ3) is 3.05. The summed E-state index contributed by atoms with van der Waals surface area (Å²) in [5.74, 6) is 0.629. The zero-order valence-corrected chi connectivity index (χ0v) is 12.5.